The molecule has 5 heteroatoms. The van der Waals surface area contributed by atoms with Crippen LogP contribution in [-0.2, 0) is 9.59 Å². The van der Waals surface area contributed by atoms with E-state index in [4.69, 9.17) is 4.74 Å². The molecule has 1 aliphatic rings. The van der Waals surface area contributed by atoms with Gasteiger partial charge >= 0.3 is 0 Å². The number of anilines is 1. The Kier molecular flexibility index (Phi) is 5.11. The third-order valence-corrected chi connectivity index (χ3v) is 5.24. The number of aliphatic hydroxyl groups excluding tert-OH is 1. The van der Waals surface area contributed by atoms with Crippen molar-refractivity contribution in [3.63, 3.8) is 0 Å². The number of carbonyl (C=O) groups is 2. The van der Waals surface area contributed by atoms with Crippen LogP contribution in [-0.4, -0.2) is 23.9 Å². The summed E-state index contributed by atoms with van der Waals surface area (Å²) in [5, 5.41) is 11.1. The zero-order valence-corrected chi connectivity index (χ0v) is 16.7. The number of aryl methyl sites for hydroxylation is 1. The Morgan fingerprint density at radius 2 is 1.53 bits per heavy atom. The Morgan fingerprint density at radius 3 is 2.20 bits per heavy atom. The maximum absolute atomic E-state index is 13.1. The molecule has 0 bridgehead atoms. The SMILES string of the molecule is COc1ccccc1C1/C(=C(/O)c2ccccc2)C(=O)C(=O)N1c1ccc(C)cc1. The summed E-state index contributed by atoms with van der Waals surface area (Å²) in [4.78, 5) is 27.6. The molecule has 1 N–H and O–H groups in total. The number of methoxy groups -OCH3 is 1. The number of rotatable bonds is 4. The maximum Gasteiger partial charge on any atom is 0.300 e. The zero-order chi connectivity index (χ0) is 21.3. The van der Waals surface area contributed by atoms with Crippen LogP contribution in [0.1, 0.15) is 22.7 Å². The molecule has 0 aromatic heterocycles. The average Bonchev–Trinajstić information content (AvgIpc) is 3.05. The molecule has 1 saturated heterocycles. The first-order valence-electron chi connectivity index (χ1n) is 9.59. The van der Waals surface area contributed by atoms with Crippen LogP contribution in [0, 0.1) is 6.92 Å². The van der Waals surface area contributed by atoms with Crippen LogP contribution < -0.4 is 9.64 Å². The van der Waals surface area contributed by atoms with Crippen LogP contribution in [0.4, 0.5) is 5.69 Å². The van der Waals surface area contributed by atoms with Crippen molar-refractivity contribution in [3.05, 3.63) is 101 Å². The number of para-hydroxylation sites is 1. The van der Waals surface area contributed by atoms with Crippen LogP contribution in [0.2, 0.25) is 0 Å². The molecule has 0 saturated carbocycles. The number of hydrogen-bond donors (Lipinski definition) is 1. The van der Waals surface area contributed by atoms with E-state index in [1.54, 1.807) is 48.5 Å². The van der Waals surface area contributed by atoms with E-state index in [9.17, 15) is 14.7 Å². The Bertz CT molecular complexity index is 1130. The first kappa shape index (κ1) is 19.5. The maximum atomic E-state index is 13.1. The minimum Gasteiger partial charge on any atom is -0.507 e. The van der Waals surface area contributed by atoms with Gasteiger partial charge < -0.3 is 9.84 Å². The van der Waals surface area contributed by atoms with Gasteiger partial charge in [0.15, 0.2) is 0 Å². The van der Waals surface area contributed by atoms with Crippen molar-refractivity contribution in [2.24, 2.45) is 0 Å². The minimum absolute atomic E-state index is 0.0382. The van der Waals surface area contributed by atoms with E-state index in [0.29, 0.717) is 22.6 Å². The van der Waals surface area contributed by atoms with Gasteiger partial charge in [-0.15, -0.1) is 0 Å². The minimum atomic E-state index is -0.816. The summed E-state index contributed by atoms with van der Waals surface area (Å²) in [6.45, 7) is 1.95. The van der Waals surface area contributed by atoms with Crippen molar-refractivity contribution >= 4 is 23.1 Å². The summed E-state index contributed by atoms with van der Waals surface area (Å²) in [5.74, 6) is -1.10. The smallest absolute Gasteiger partial charge is 0.300 e. The van der Waals surface area contributed by atoms with Gasteiger partial charge in [0.2, 0.25) is 0 Å². The second kappa shape index (κ2) is 7.87. The molecule has 5 nitrogen and oxygen atoms in total. The van der Waals surface area contributed by atoms with E-state index in [1.807, 2.05) is 37.3 Å². The predicted octanol–water partition coefficient (Wildman–Crippen LogP) is 4.63. The van der Waals surface area contributed by atoms with Gasteiger partial charge in [-0.2, -0.15) is 0 Å². The molecule has 0 spiro atoms. The molecular weight excluding hydrogens is 378 g/mol. The molecule has 1 heterocycles. The van der Waals surface area contributed by atoms with E-state index >= 15 is 0 Å². The van der Waals surface area contributed by atoms with Gasteiger partial charge in [-0.25, -0.2) is 0 Å². The number of hydrogen-bond acceptors (Lipinski definition) is 4. The fourth-order valence-corrected chi connectivity index (χ4v) is 3.74. The summed E-state index contributed by atoms with van der Waals surface area (Å²) in [6, 6.07) is 22.5. The number of ether oxygens (including phenoxy) is 1. The van der Waals surface area contributed by atoms with E-state index in [-0.39, 0.29) is 11.3 Å². The van der Waals surface area contributed by atoms with Gasteiger partial charge in [0, 0.05) is 16.8 Å². The monoisotopic (exact) mass is 399 g/mol. The molecule has 150 valence electrons. The van der Waals surface area contributed by atoms with Crippen molar-refractivity contribution in [2.75, 3.05) is 12.0 Å². The molecule has 30 heavy (non-hydrogen) atoms. The van der Waals surface area contributed by atoms with Crippen LogP contribution in [0.25, 0.3) is 5.76 Å². The van der Waals surface area contributed by atoms with E-state index in [1.165, 1.54) is 12.0 Å². The number of carbonyl (C=O) groups excluding carboxylic acids is 2. The topological polar surface area (TPSA) is 66.8 Å². The average molecular weight is 399 g/mol. The third kappa shape index (κ3) is 3.24. The van der Waals surface area contributed by atoms with Crippen molar-refractivity contribution in [1.29, 1.82) is 0 Å². The molecule has 1 fully saturated rings. The molecule has 0 aliphatic carbocycles. The number of amides is 1. The van der Waals surface area contributed by atoms with Gasteiger partial charge in [-0.3, -0.25) is 14.5 Å². The summed E-state index contributed by atoms with van der Waals surface area (Å²) < 4.78 is 5.51. The molecule has 1 atom stereocenters. The van der Waals surface area contributed by atoms with Gasteiger partial charge in [0.25, 0.3) is 11.7 Å². The van der Waals surface area contributed by atoms with Gasteiger partial charge in [0.05, 0.1) is 18.7 Å². The highest BCUT2D eigenvalue weighted by atomic mass is 16.5. The molecular formula is C25H21NO4. The van der Waals surface area contributed by atoms with Gasteiger partial charge in [-0.1, -0.05) is 66.2 Å². The van der Waals surface area contributed by atoms with Crippen LogP contribution >= 0.6 is 0 Å². The van der Waals surface area contributed by atoms with Crippen molar-refractivity contribution < 1.29 is 19.4 Å². The fourth-order valence-electron chi connectivity index (χ4n) is 3.74. The molecule has 1 amide bonds. The van der Waals surface area contributed by atoms with Gasteiger partial charge in [-0.05, 0) is 25.1 Å². The van der Waals surface area contributed by atoms with E-state index in [2.05, 4.69) is 0 Å². The number of ketones is 1. The summed E-state index contributed by atoms with van der Waals surface area (Å²) >= 11 is 0. The fraction of sp³-hybridized carbons (Fsp3) is 0.120. The lowest BCUT2D eigenvalue weighted by Gasteiger charge is -2.26. The largest absolute Gasteiger partial charge is 0.507 e. The van der Waals surface area contributed by atoms with E-state index < -0.39 is 17.7 Å². The zero-order valence-electron chi connectivity index (χ0n) is 16.7. The number of nitrogens with zero attached hydrogens (tertiary/aromatic N) is 1. The Labute approximate surface area is 174 Å². The molecule has 0 radical (unpaired) electrons. The second-order valence-electron chi connectivity index (χ2n) is 7.11. The van der Waals surface area contributed by atoms with Crippen molar-refractivity contribution in [3.8, 4) is 5.75 Å². The molecule has 4 rings (SSSR count). The molecule has 1 unspecified atom stereocenters. The highest BCUT2D eigenvalue weighted by molar-refractivity contribution is 6.51. The van der Waals surface area contributed by atoms with E-state index in [0.717, 1.165) is 5.56 Å². The standard InChI is InChI=1S/C25H21NO4/c1-16-12-14-18(15-13-16)26-22(19-10-6-7-11-20(19)30-2)21(24(28)25(26)29)23(27)17-8-4-3-5-9-17/h3-15,22,27H,1-2H3/b23-21-. The molecule has 3 aromatic carbocycles. The second-order valence-corrected chi connectivity index (χ2v) is 7.11. The normalized spacial score (nSPS) is 17.9. The highest BCUT2D eigenvalue weighted by Gasteiger charge is 2.47. The first-order valence-corrected chi connectivity index (χ1v) is 9.59. The molecule has 1 aliphatic heterocycles. The summed E-state index contributed by atoms with van der Waals surface area (Å²) in [6.07, 6.45) is 0. The number of benzene rings is 3. The molecule has 3 aromatic rings. The Balaban J connectivity index is 1.98. The lowest BCUT2D eigenvalue weighted by molar-refractivity contribution is -0.132. The van der Waals surface area contributed by atoms with Crippen molar-refractivity contribution in [2.45, 2.75) is 13.0 Å². The highest BCUT2D eigenvalue weighted by Crippen LogP contribution is 2.44. The lowest BCUT2D eigenvalue weighted by Crippen LogP contribution is -2.29. The summed E-state index contributed by atoms with van der Waals surface area (Å²) in [5.41, 5.74) is 2.74. The number of aliphatic hydroxyl groups is 1. The number of Topliss-reactive ketones (excluding diaryl/α,β-unsaturated/α-hetero) is 1. The van der Waals surface area contributed by atoms with Crippen molar-refractivity contribution in [1.82, 2.24) is 0 Å². The Morgan fingerprint density at radius 1 is 0.900 bits per heavy atom. The Hall–Kier alpha value is -3.86. The van der Waals surface area contributed by atoms with Crippen LogP contribution in [0.15, 0.2) is 84.4 Å². The summed E-state index contributed by atoms with van der Waals surface area (Å²) in [7, 11) is 1.54. The first-order chi connectivity index (χ1) is 14.5. The van der Waals surface area contributed by atoms with Crippen LogP contribution in [0.5, 0.6) is 5.75 Å². The quantitative estimate of drug-likeness (QED) is 0.395. The van der Waals surface area contributed by atoms with Gasteiger partial charge in [0.1, 0.15) is 11.5 Å². The predicted molar refractivity (Wildman–Crippen MR) is 115 cm³/mol. The van der Waals surface area contributed by atoms with Crippen LogP contribution in [0.3, 0.4) is 0 Å². The third-order valence-electron chi connectivity index (χ3n) is 5.24. The lowest BCUT2D eigenvalue weighted by atomic mass is 9.94.